The lowest BCUT2D eigenvalue weighted by Gasteiger charge is -2.17. The van der Waals surface area contributed by atoms with Gasteiger partial charge in [0, 0.05) is 30.9 Å². The van der Waals surface area contributed by atoms with Gasteiger partial charge in [0.2, 0.25) is 5.91 Å². The summed E-state index contributed by atoms with van der Waals surface area (Å²) in [6.07, 6.45) is 2.85. The summed E-state index contributed by atoms with van der Waals surface area (Å²) >= 11 is 0. The molecule has 2 heterocycles. The molecule has 21 heavy (non-hydrogen) atoms. The molecule has 0 radical (unpaired) electrons. The van der Waals surface area contributed by atoms with Crippen molar-refractivity contribution in [3.05, 3.63) is 30.3 Å². The monoisotopic (exact) mass is 288 g/mol. The lowest BCUT2D eigenvalue weighted by Crippen LogP contribution is -2.31. The molecule has 1 unspecified atom stereocenters. The van der Waals surface area contributed by atoms with Crippen molar-refractivity contribution in [2.75, 3.05) is 18.4 Å². The van der Waals surface area contributed by atoms with Gasteiger partial charge in [-0.2, -0.15) is 0 Å². The fraction of sp³-hybridized carbons (Fsp3) is 0.400. The van der Waals surface area contributed by atoms with Crippen LogP contribution in [0.15, 0.2) is 24.5 Å². The third-order valence-electron chi connectivity index (χ3n) is 3.78. The van der Waals surface area contributed by atoms with Crippen molar-refractivity contribution >= 4 is 22.6 Å². The summed E-state index contributed by atoms with van der Waals surface area (Å²) in [7, 11) is 0. The van der Waals surface area contributed by atoms with E-state index >= 15 is 0 Å². The molecule has 1 N–H and O–H groups in total. The van der Waals surface area contributed by atoms with Crippen LogP contribution in [-0.4, -0.2) is 39.9 Å². The molecule has 1 aromatic carbocycles. The van der Waals surface area contributed by atoms with E-state index in [1.54, 1.807) is 6.07 Å². The van der Waals surface area contributed by atoms with E-state index in [-0.39, 0.29) is 17.8 Å². The van der Waals surface area contributed by atoms with Crippen LogP contribution < -0.4 is 5.32 Å². The van der Waals surface area contributed by atoms with Gasteiger partial charge in [-0.25, -0.2) is 14.4 Å². The van der Waals surface area contributed by atoms with E-state index in [0.717, 1.165) is 13.0 Å². The van der Waals surface area contributed by atoms with Gasteiger partial charge in [-0.1, -0.05) is 6.92 Å². The number of hydrogen-bond donors (Lipinski definition) is 1. The standard InChI is InChI=1S/C15H17FN4O/c1-2-14(21)20-6-5-11(8-20)19-15-12-7-10(16)3-4-13(12)17-9-18-15/h3-4,7,9,11H,2,5-6,8H2,1H3,(H,17,18,19). The number of fused-ring (bicyclic) bond motifs is 1. The number of nitrogens with zero attached hydrogens (tertiary/aromatic N) is 3. The minimum Gasteiger partial charge on any atom is -0.365 e. The summed E-state index contributed by atoms with van der Waals surface area (Å²) in [6, 6.07) is 4.60. The second-order valence-corrected chi connectivity index (χ2v) is 5.21. The Morgan fingerprint density at radius 1 is 1.48 bits per heavy atom. The second-order valence-electron chi connectivity index (χ2n) is 5.21. The van der Waals surface area contributed by atoms with Crippen molar-refractivity contribution in [3.63, 3.8) is 0 Å². The predicted octanol–water partition coefficient (Wildman–Crippen LogP) is 2.19. The summed E-state index contributed by atoms with van der Waals surface area (Å²) in [5.41, 5.74) is 0.702. The number of likely N-dealkylation sites (tertiary alicyclic amines) is 1. The smallest absolute Gasteiger partial charge is 0.222 e. The third-order valence-corrected chi connectivity index (χ3v) is 3.78. The lowest BCUT2D eigenvalue weighted by atomic mass is 10.2. The van der Waals surface area contributed by atoms with Crippen LogP contribution in [0.5, 0.6) is 0 Å². The average molecular weight is 288 g/mol. The van der Waals surface area contributed by atoms with Crippen LogP contribution in [0.2, 0.25) is 0 Å². The van der Waals surface area contributed by atoms with Gasteiger partial charge in [-0.3, -0.25) is 4.79 Å². The highest BCUT2D eigenvalue weighted by molar-refractivity contribution is 5.89. The highest BCUT2D eigenvalue weighted by atomic mass is 19.1. The first kappa shape index (κ1) is 13.7. The Morgan fingerprint density at radius 3 is 3.14 bits per heavy atom. The number of benzene rings is 1. The zero-order chi connectivity index (χ0) is 14.8. The van der Waals surface area contributed by atoms with E-state index in [1.165, 1.54) is 18.5 Å². The Balaban J connectivity index is 1.80. The molecular formula is C15H17FN4O. The summed E-state index contributed by atoms with van der Waals surface area (Å²) in [5, 5.41) is 3.97. The van der Waals surface area contributed by atoms with Crippen molar-refractivity contribution in [2.45, 2.75) is 25.8 Å². The highest BCUT2D eigenvalue weighted by Crippen LogP contribution is 2.23. The normalized spacial score (nSPS) is 18.2. The van der Waals surface area contributed by atoms with Gasteiger partial charge in [-0.05, 0) is 24.6 Å². The summed E-state index contributed by atoms with van der Waals surface area (Å²) < 4.78 is 13.4. The van der Waals surface area contributed by atoms with E-state index in [1.807, 2.05) is 11.8 Å². The van der Waals surface area contributed by atoms with Gasteiger partial charge >= 0.3 is 0 Å². The van der Waals surface area contributed by atoms with Crippen LogP contribution in [0.25, 0.3) is 10.9 Å². The van der Waals surface area contributed by atoms with Gasteiger partial charge < -0.3 is 10.2 Å². The number of hydrogen-bond acceptors (Lipinski definition) is 4. The molecule has 1 aliphatic rings. The molecule has 1 amide bonds. The third kappa shape index (κ3) is 2.79. The zero-order valence-corrected chi connectivity index (χ0v) is 11.8. The number of nitrogens with one attached hydrogen (secondary N) is 1. The quantitative estimate of drug-likeness (QED) is 0.940. The van der Waals surface area contributed by atoms with Crippen LogP contribution in [0.3, 0.4) is 0 Å². The average Bonchev–Trinajstić information content (AvgIpc) is 2.95. The Hall–Kier alpha value is -2.24. The maximum absolute atomic E-state index is 13.4. The summed E-state index contributed by atoms with van der Waals surface area (Å²) in [6.45, 7) is 3.28. The molecule has 1 fully saturated rings. The number of rotatable bonds is 3. The van der Waals surface area contributed by atoms with Crippen LogP contribution in [0.1, 0.15) is 19.8 Å². The Kier molecular flexibility index (Phi) is 3.68. The summed E-state index contributed by atoms with van der Waals surface area (Å²) in [5.74, 6) is 0.475. The molecule has 110 valence electrons. The number of carbonyl (C=O) groups is 1. The van der Waals surface area contributed by atoms with Crippen LogP contribution in [0.4, 0.5) is 10.2 Å². The Morgan fingerprint density at radius 2 is 2.33 bits per heavy atom. The van der Waals surface area contributed by atoms with Crippen molar-refractivity contribution in [1.82, 2.24) is 14.9 Å². The predicted molar refractivity (Wildman–Crippen MR) is 78.4 cm³/mol. The van der Waals surface area contributed by atoms with E-state index in [4.69, 9.17) is 0 Å². The molecule has 2 aromatic rings. The van der Waals surface area contributed by atoms with Crippen LogP contribution in [-0.2, 0) is 4.79 Å². The number of aromatic nitrogens is 2. The topological polar surface area (TPSA) is 58.1 Å². The van der Waals surface area contributed by atoms with Gasteiger partial charge in [-0.15, -0.1) is 0 Å². The molecule has 0 saturated carbocycles. The van der Waals surface area contributed by atoms with Gasteiger partial charge in [0.1, 0.15) is 18.0 Å². The van der Waals surface area contributed by atoms with E-state index in [0.29, 0.717) is 29.7 Å². The van der Waals surface area contributed by atoms with Crippen LogP contribution >= 0.6 is 0 Å². The molecule has 5 nitrogen and oxygen atoms in total. The second kappa shape index (κ2) is 5.63. The lowest BCUT2D eigenvalue weighted by molar-refractivity contribution is -0.129. The van der Waals surface area contributed by atoms with E-state index < -0.39 is 0 Å². The maximum atomic E-state index is 13.4. The Labute approximate surface area is 122 Å². The number of anilines is 1. The van der Waals surface area contributed by atoms with E-state index in [2.05, 4.69) is 15.3 Å². The molecule has 6 heteroatoms. The van der Waals surface area contributed by atoms with Crippen molar-refractivity contribution in [1.29, 1.82) is 0 Å². The molecule has 1 aromatic heterocycles. The molecular weight excluding hydrogens is 271 g/mol. The molecule has 1 aliphatic heterocycles. The van der Waals surface area contributed by atoms with Crippen molar-refractivity contribution in [3.8, 4) is 0 Å². The fourth-order valence-corrected chi connectivity index (χ4v) is 2.67. The molecule has 1 atom stereocenters. The first-order chi connectivity index (χ1) is 10.2. The number of carbonyl (C=O) groups excluding carboxylic acids is 1. The molecule has 0 aliphatic carbocycles. The van der Waals surface area contributed by atoms with Crippen LogP contribution in [0, 0.1) is 5.82 Å². The van der Waals surface area contributed by atoms with E-state index in [9.17, 15) is 9.18 Å². The van der Waals surface area contributed by atoms with Gasteiger partial charge in [0.25, 0.3) is 0 Å². The molecule has 3 rings (SSSR count). The van der Waals surface area contributed by atoms with Gasteiger partial charge in [0.15, 0.2) is 0 Å². The number of amides is 1. The zero-order valence-electron chi connectivity index (χ0n) is 11.8. The summed E-state index contributed by atoms with van der Waals surface area (Å²) in [4.78, 5) is 21.9. The van der Waals surface area contributed by atoms with Gasteiger partial charge in [0.05, 0.1) is 5.52 Å². The minimum atomic E-state index is -0.311. The highest BCUT2D eigenvalue weighted by Gasteiger charge is 2.25. The first-order valence-electron chi connectivity index (χ1n) is 7.12. The largest absolute Gasteiger partial charge is 0.365 e. The molecule has 0 spiro atoms. The first-order valence-corrected chi connectivity index (χ1v) is 7.12. The maximum Gasteiger partial charge on any atom is 0.222 e. The van der Waals surface area contributed by atoms with Crippen molar-refractivity contribution in [2.24, 2.45) is 0 Å². The SMILES string of the molecule is CCC(=O)N1CCC(Nc2ncnc3ccc(F)cc23)C1. The Bertz CT molecular complexity index is 676. The molecule has 0 bridgehead atoms. The minimum absolute atomic E-state index is 0.141. The number of halogens is 1. The molecule has 1 saturated heterocycles. The van der Waals surface area contributed by atoms with Crippen molar-refractivity contribution < 1.29 is 9.18 Å². The fourth-order valence-electron chi connectivity index (χ4n) is 2.67.